The molecule has 0 radical (unpaired) electrons. The number of carbonyl (C=O) groups is 1. The fraction of sp³-hybridized carbons (Fsp3) is 0.611. The summed E-state index contributed by atoms with van der Waals surface area (Å²) in [6.45, 7) is 4.29. The Labute approximate surface area is 127 Å². The van der Waals surface area contributed by atoms with E-state index in [4.69, 9.17) is 0 Å². The summed E-state index contributed by atoms with van der Waals surface area (Å²) in [5.74, 6) is 1.01. The van der Waals surface area contributed by atoms with Gasteiger partial charge in [-0.15, -0.1) is 0 Å². The van der Waals surface area contributed by atoms with Crippen molar-refractivity contribution in [2.75, 3.05) is 33.2 Å². The molecule has 114 valence electrons. The molecule has 1 aromatic rings. The normalized spacial score (nSPS) is 20.9. The van der Waals surface area contributed by atoms with Gasteiger partial charge in [-0.05, 0) is 75.9 Å². The van der Waals surface area contributed by atoms with Crippen molar-refractivity contribution in [3.8, 4) is 0 Å². The summed E-state index contributed by atoms with van der Waals surface area (Å²) in [7, 11) is 2.20. The molecule has 2 heterocycles. The zero-order valence-corrected chi connectivity index (χ0v) is 13.1. The SMILES string of the molecule is CN1CCC(Cc2ccc(C(=O)N3CCCC3)cc2)CC1. The average Bonchev–Trinajstić information content (AvgIpc) is 3.04. The summed E-state index contributed by atoms with van der Waals surface area (Å²) in [6.07, 6.45) is 6.06. The largest absolute Gasteiger partial charge is 0.339 e. The molecule has 0 aromatic heterocycles. The molecule has 0 bridgehead atoms. The van der Waals surface area contributed by atoms with Crippen LogP contribution in [0.5, 0.6) is 0 Å². The molecule has 1 amide bonds. The molecule has 0 saturated carbocycles. The number of nitrogens with zero attached hydrogens (tertiary/aromatic N) is 2. The Bertz CT molecular complexity index is 468. The Kier molecular flexibility index (Phi) is 4.59. The van der Waals surface area contributed by atoms with Crippen molar-refractivity contribution in [3.05, 3.63) is 35.4 Å². The van der Waals surface area contributed by atoms with Gasteiger partial charge in [-0.25, -0.2) is 0 Å². The number of hydrogen-bond donors (Lipinski definition) is 0. The van der Waals surface area contributed by atoms with Crippen molar-refractivity contribution in [3.63, 3.8) is 0 Å². The van der Waals surface area contributed by atoms with E-state index < -0.39 is 0 Å². The first-order valence-electron chi connectivity index (χ1n) is 8.29. The molecule has 1 aromatic carbocycles. The third kappa shape index (κ3) is 3.65. The monoisotopic (exact) mass is 286 g/mol. The molecule has 0 atom stereocenters. The fourth-order valence-corrected chi connectivity index (χ4v) is 3.49. The predicted octanol–water partition coefficient (Wildman–Crippen LogP) is 2.81. The number of carbonyl (C=O) groups excluding carboxylic acids is 1. The highest BCUT2D eigenvalue weighted by molar-refractivity contribution is 5.94. The molecule has 3 rings (SSSR count). The maximum atomic E-state index is 12.3. The summed E-state index contributed by atoms with van der Waals surface area (Å²) < 4.78 is 0. The van der Waals surface area contributed by atoms with E-state index in [0.29, 0.717) is 0 Å². The van der Waals surface area contributed by atoms with Crippen LogP contribution in [-0.4, -0.2) is 48.9 Å². The van der Waals surface area contributed by atoms with E-state index in [1.165, 1.54) is 31.5 Å². The molecule has 0 aliphatic carbocycles. The summed E-state index contributed by atoms with van der Waals surface area (Å²) >= 11 is 0. The number of benzene rings is 1. The second-order valence-corrected chi connectivity index (χ2v) is 6.65. The first kappa shape index (κ1) is 14.6. The summed E-state index contributed by atoms with van der Waals surface area (Å²) in [6, 6.07) is 8.35. The van der Waals surface area contributed by atoms with E-state index in [1.54, 1.807) is 0 Å². The molecule has 2 saturated heterocycles. The lowest BCUT2D eigenvalue weighted by Crippen LogP contribution is -2.31. The minimum atomic E-state index is 0.207. The molecular formula is C18H26N2O. The maximum Gasteiger partial charge on any atom is 0.253 e. The smallest absolute Gasteiger partial charge is 0.253 e. The average molecular weight is 286 g/mol. The van der Waals surface area contributed by atoms with E-state index in [9.17, 15) is 4.79 Å². The van der Waals surface area contributed by atoms with Gasteiger partial charge in [-0.2, -0.15) is 0 Å². The van der Waals surface area contributed by atoms with Gasteiger partial charge < -0.3 is 9.80 Å². The van der Waals surface area contributed by atoms with Crippen LogP contribution in [0.4, 0.5) is 0 Å². The van der Waals surface area contributed by atoms with Crippen molar-refractivity contribution in [2.24, 2.45) is 5.92 Å². The van der Waals surface area contributed by atoms with Gasteiger partial charge in [-0.1, -0.05) is 12.1 Å². The van der Waals surface area contributed by atoms with Crippen LogP contribution >= 0.6 is 0 Å². The number of likely N-dealkylation sites (tertiary alicyclic amines) is 2. The van der Waals surface area contributed by atoms with Gasteiger partial charge in [0.05, 0.1) is 0 Å². The Morgan fingerprint density at radius 3 is 2.29 bits per heavy atom. The van der Waals surface area contributed by atoms with Gasteiger partial charge >= 0.3 is 0 Å². The zero-order valence-electron chi connectivity index (χ0n) is 13.1. The van der Waals surface area contributed by atoms with Crippen LogP contribution in [0.1, 0.15) is 41.6 Å². The molecule has 3 heteroatoms. The Morgan fingerprint density at radius 2 is 1.67 bits per heavy atom. The van der Waals surface area contributed by atoms with Crippen LogP contribution in [0.15, 0.2) is 24.3 Å². The lowest BCUT2D eigenvalue weighted by molar-refractivity contribution is 0.0793. The van der Waals surface area contributed by atoms with Crippen molar-refractivity contribution in [2.45, 2.75) is 32.1 Å². The first-order valence-corrected chi connectivity index (χ1v) is 8.29. The van der Waals surface area contributed by atoms with Crippen LogP contribution in [-0.2, 0) is 6.42 Å². The molecule has 0 N–H and O–H groups in total. The third-order valence-electron chi connectivity index (χ3n) is 4.96. The zero-order chi connectivity index (χ0) is 14.7. The lowest BCUT2D eigenvalue weighted by Gasteiger charge is -2.29. The summed E-state index contributed by atoms with van der Waals surface area (Å²) in [5, 5.41) is 0. The Morgan fingerprint density at radius 1 is 1.05 bits per heavy atom. The van der Waals surface area contributed by atoms with Gasteiger partial charge in [0.25, 0.3) is 5.91 Å². The number of rotatable bonds is 3. The van der Waals surface area contributed by atoms with E-state index in [1.807, 2.05) is 17.0 Å². The second-order valence-electron chi connectivity index (χ2n) is 6.65. The minimum absolute atomic E-state index is 0.207. The molecule has 3 nitrogen and oxygen atoms in total. The van der Waals surface area contributed by atoms with E-state index in [-0.39, 0.29) is 5.91 Å². The van der Waals surface area contributed by atoms with Gasteiger partial charge in [0.15, 0.2) is 0 Å². The number of hydrogen-bond acceptors (Lipinski definition) is 2. The molecule has 2 fully saturated rings. The lowest BCUT2D eigenvalue weighted by atomic mass is 9.90. The van der Waals surface area contributed by atoms with Gasteiger partial charge in [0, 0.05) is 18.7 Å². The Balaban J connectivity index is 1.57. The standard InChI is InChI=1S/C18H26N2O/c1-19-12-8-16(9-13-19)14-15-4-6-17(7-5-15)18(21)20-10-2-3-11-20/h4-7,16H,2-3,8-14H2,1H3. The van der Waals surface area contributed by atoms with Crippen LogP contribution in [0.2, 0.25) is 0 Å². The van der Waals surface area contributed by atoms with Gasteiger partial charge in [-0.3, -0.25) is 4.79 Å². The van der Waals surface area contributed by atoms with E-state index >= 15 is 0 Å². The van der Waals surface area contributed by atoms with Gasteiger partial charge in [0.1, 0.15) is 0 Å². The quantitative estimate of drug-likeness (QED) is 0.853. The maximum absolute atomic E-state index is 12.3. The van der Waals surface area contributed by atoms with Crippen LogP contribution in [0.3, 0.4) is 0 Å². The number of amides is 1. The molecule has 0 spiro atoms. The third-order valence-corrected chi connectivity index (χ3v) is 4.96. The highest BCUT2D eigenvalue weighted by Gasteiger charge is 2.20. The summed E-state index contributed by atoms with van der Waals surface area (Å²) in [4.78, 5) is 16.7. The highest BCUT2D eigenvalue weighted by Crippen LogP contribution is 2.21. The Hall–Kier alpha value is -1.35. The first-order chi connectivity index (χ1) is 10.2. The van der Waals surface area contributed by atoms with E-state index in [2.05, 4.69) is 24.1 Å². The predicted molar refractivity (Wildman–Crippen MR) is 85.5 cm³/mol. The van der Waals surface area contributed by atoms with E-state index in [0.717, 1.165) is 43.8 Å². The minimum Gasteiger partial charge on any atom is -0.339 e. The van der Waals surface area contributed by atoms with Crippen LogP contribution < -0.4 is 0 Å². The van der Waals surface area contributed by atoms with Crippen molar-refractivity contribution in [1.82, 2.24) is 9.80 Å². The molecule has 0 unspecified atom stereocenters. The van der Waals surface area contributed by atoms with Crippen molar-refractivity contribution < 1.29 is 4.79 Å². The van der Waals surface area contributed by atoms with Crippen molar-refractivity contribution in [1.29, 1.82) is 0 Å². The molecule has 2 aliphatic heterocycles. The number of piperidine rings is 1. The summed E-state index contributed by atoms with van der Waals surface area (Å²) in [5.41, 5.74) is 2.23. The second kappa shape index (κ2) is 6.61. The highest BCUT2D eigenvalue weighted by atomic mass is 16.2. The van der Waals surface area contributed by atoms with Gasteiger partial charge in [0.2, 0.25) is 0 Å². The molecule has 2 aliphatic rings. The fourth-order valence-electron chi connectivity index (χ4n) is 3.49. The molecule has 21 heavy (non-hydrogen) atoms. The van der Waals surface area contributed by atoms with Crippen molar-refractivity contribution >= 4 is 5.91 Å². The van der Waals surface area contributed by atoms with Crippen LogP contribution in [0.25, 0.3) is 0 Å². The van der Waals surface area contributed by atoms with Crippen LogP contribution in [0, 0.1) is 5.92 Å². The topological polar surface area (TPSA) is 23.6 Å². The molecular weight excluding hydrogens is 260 g/mol.